The molecule has 1 heterocycles. The van der Waals surface area contributed by atoms with Crippen molar-refractivity contribution < 1.29 is 23.8 Å². The molecule has 152 valence electrons. The summed E-state index contributed by atoms with van der Waals surface area (Å²) in [6.07, 6.45) is -0.205. The zero-order valence-corrected chi connectivity index (χ0v) is 17.3. The Balaban J connectivity index is 1.84. The molecule has 2 aromatic carbocycles. The van der Waals surface area contributed by atoms with E-state index in [0.717, 1.165) is 18.3 Å². The summed E-state index contributed by atoms with van der Waals surface area (Å²) in [5.74, 6) is 0.832. The normalized spacial score (nSPS) is 13.2. The highest BCUT2D eigenvalue weighted by Gasteiger charge is 2.23. The van der Waals surface area contributed by atoms with E-state index in [-0.39, 0.29) is 18.5 Å². The van der Waals surface area contributed by atoms with Crippen molar-refractivity contribution in [2.45, 2.75) is 26.7 Å². The van der Waals surface area contributed by atoms with Gasteiger partial charge in [-0.3, -0.25) is 4.79 Å². The molecule has 1 aliphatic heterocycles. The van der Waals surface area contributed by atoms with Crippen LogP contribution in [0.2, 0.25) is 11.8 Å². The van der Waals surface area contributed by atoms with Crippen LogP contribution in [0.3, 0.4) is 0 Å². The van der Waals surface area contributed by atoms with E-state index in [9.17, 15) is 9.59 Å². The lowest BCUT2D eigenvalue weighted by Gasteiger charge is -2.18. The van der Waals surface area contributed by atoms with Crippen molar-refractivity contribution in [2.24, 2.45) is 0 Å². The first-order valence-electron chi connectivity index (χ1n) is 9.65. The predicted octanol–water partition coefficient (Wildman–Crippen LogP) is 3.30. The Morgan fingerprint density at radius 1 is 1.28 bits per heavy atom. The van der Waals surface area contributed by atoms with Crippen LogP contribution in [0.4, 0.5) is 4.79 Å². The van der Waals surface area contributed by atoms with Crippen molar-refractivity contribution in [3.05, 3.63) is 52.5 Å². The highest BCUT2D eigenvalue weighted by molar-refractivity contribution is 6.51. The van der Waals surface area contributed by atoms with Crippen molar-refractivity contribution in [2.75, 3.05) is 19.8 Å². The molecule has 0 radical (unpaired) electrons. The number of benzene rings is 2. The number of carbonyl (C=O) groups is 2. The molecule has 8 heteroatoms. The van der Waals surface area contributed by atoms with Crippen molar-refractivity contribution in [1.29, 1.82) is 0 Å². The molecule has 0 spiro atoms. The van der Waals surface area contributed by atoms with E-state index in [2.05, 4.69) is 6.82 Å². The molecule has 3 rings (SSSR count). The topological polar surface area (TPSA) is 65.1 Å². The molecule has 0 atom stereocenters. The molecule has 0 saturated carbocycles. The second kappa shape index (κ2) is 9.70. The van der Waals surface area contributed by atoms with Gasteiger partial charge >= 0.3 is 12.1 Å². The molecular formula is C21H23BClNO5. The molecule has 1 saturated heterocycles. The molecule has 6 nitrogen and oxygen atoms in total. The number of hydrogen-bond acceptors (Lipinski definition) is 5. The van der Waals surface area contributed by atoms with E-state index in [1.165, 1.54) is 0 Å². The summed E-state index contributed by atoms with van der Waals surface area (Å²) in [5, 5.41) is 0.469. The summed E-state index contributed by atoms with van der Waals surface area (Å²) < 4.78 is 16.1. The van der Waals surface area contributed by atoms with Gasteiger partial charge in [-0.1, -0.05) is 36.0 Å². The summed E-state index contributed by atoms with van der Waals surface area (Å²) in [6.45, 7) is 5.51. The number of halogens is 1. The van der Waals surface area contributed by atoms with Gasteiger partial charge < -0.3 is 19.1 Å². The lowest BCUT2D eigenvalue weighted by atomic mass is 9.73. The van der Waals surface area contributed by atoms with Crippen LogP contribution in [-0.4, -0.2) is 44.0 Å². The fraction of sp³-hybridized carbons (Fsp3) is 0.333. The van der Waals surface area contributed by atoms with Crippen LogP contribution in [-0.2, 0) is 27.2 Å². The Bertz CT molecular complexity index is 905. The summed E-state index contributed by atoms with van der Waals surface area (Å²) in [6, 6.07) is 11.1. The minimum atomic E-state index is -0.322. The number of esters is 1. The monoisotopic (exact) mass is 415 g/mol. The summed E-state index contributed by atoms with van der Waals surface area (Å²) in [7, 11) is 0.874. The molecule has 29 heavy (non-hydrogen) atoms. The lowest BCUT2D eigenvalue weighted by Crippen LogP contribution is -2.24. The first-order valence-corrected chi connectivity index (χ1v) is 10.0. The number of amides is 1. The lowest BCUT2D eigenvalue weighted by molar-refractivity contribution is -0.142. The molecule has 2 aromatic rings. The van der Waals surface area contributed by atoms with Crippen LogP contribution in [0.5, 0.6) is 11.5 Å². The molecule has 0 N–H and O–H groups in total. The average molecular weight is 416 g/mol. The predicted molar refractivity (Wildman–Crippen MR) is 113 cm³/mol. The van der Waals surface area contributed by atoms with E-state index in [0.29, 0.717) is 48.4 Å². The molecule has 1 aliphatic rings. The number of carbonyl (C=O) groups excluding carboxylic acids is 2. The van der Waals surface area contributed by atoms with E-state index in [1.54, 1.807) is 30.0 Å². The molecule has 0 unspecified atom stereocenters. The average Bonchev–Trinajstić information content (AvgIpc) is 3.07. The first kappa shape index (κ1) is 21.1. The third-order valence-electron chi connectivity index (χ3n) is 4.55. The number of ether oxygens (including phenoxy) is 3. The second-order valence-corrected chi connectivity index (χ2v) is 7.15. The molecule has 0 bridgehead atoms. The van der Waals surface area contributed by atoms with Gasteiger partial charge in [0.05, 0.1) is 26.1 Å². The Kier molecular flexibility index (Phi) is 7.04. The van der Waals surface area contributed by atoms with E-state index >= 15 is 0 Å². The van der Waals surface area contributed by atoms with Crippen molar-refractivity contribution in [3.8, 4) is 11.5 Å². The fourth-order valence-corrected chi connectivity index (χ4v) is 3.39. The van der Waals surface area contributed by atoms with Gasteiger partial charge in [0.15, 0.2) is 7.28 Å². The standard InChI is InChI=1S/C21H23BClNO5/c1-3-27-20(25)10-14-8-17(23)12-18(9-14)29-19-5-4-16(22-2)11-15(19)13-24-6-7-28-21(24)26/h4-5,8-9,11-12,22H,3,6-7,10,13H2,1-2H3. The molecule has 1 fully saturated rings. The minimum Gasteiger partial charge on any atom is -0.466 e. The number of rotatable bonds is 8. The van der Waals surface area contributed by atoms with Crippen LogP contribution in [0.25, 0.3) is 0 Å². The van der Waals surface area contributed by atoms with Crippen molar-refractivity contribution in [1.82, 2.24) is 4.90 Å². The van der Waals surface area contributed by atoms with Crippen LogP contribution in [0.1, 0.15) is 18.1 Å². The Labute approximate surface area is 175 Å². The fourth-order valence-electron chi connectivity index (χ4n) is 3.14. The zero-order valence-electron chi connectivity index (χ0n) is 16.6. The van der Waals surface area contributed by atoms with E-state index < -0.39 is 0 Å². The van der Waals surface area contributed by atoms with E-state index in [4.69, 9.17) is 25.8 Å². The van der Waals surface area contributed by atoms with Crippen molar-refractivity contribution >= 4 is 36.4 Å². The molecule has 0 aromatic heterocycles. The highest BCUT2D eigenvalue weighted by Crippen LogP contribution is 2.29. The van der Waals surface area contributed by atoms with Crippen LogP contribution in [0, 0.1) is 0 Å². The third-order valence-corrected chi connectivity index (χ3v) is 4.77. The maximum Gasteiger partial charge on any atom is 0.410 e. The van der Waals surface area contributed by atoms with Gasteiger partial charge in [0.2, 0.25) is 0 Å². The Hall–Kier alpha value is -2.67. The molecular weight excluding hydrogens is 392 g/mol. The largest absolute Gasteiger partial charge is 0.466 e. The van der Waals surface area contributed by atoms with Gasteiger partial charge in [-0.25, -0.2) is 4.79 Å². The second-order valence-electron chi connectivity index (χ2n) is 6.71. The van der Waals surface area contributed by atoms with Crippen molar-refractivity contribution in [3.63, 3.8) is 0 Å². The van der Waals surface area contributed by atoms with Gasteiger partial charge in [-0.2, -0.15) is 0 Å². The molecule has 1 amide bonds. The quantitative estimate of drug-likeness (QED) is 0.489. The number of nitrogens with zero attached hydrogens (tertiary/aromatic N) is 1. The summed E-state index contributed by atoms with van der Waals surface area (Å²) in [5.41, 5.74) is 2.74. The minimum absolute atomic E-state index is 0.117. The highest BCUT2D eigenvalue weighted by atomic mass is 35.5. The molecule has 0 aliphatic carbocycles. The Morgan fingerprint density at radius 2 is 2.10 bits per heavy atom. The van der Waals surface area contributed by atoms with Gasteiger partial charge in [-0.05, 0) is 36.8 Å². The van der Waals surface area contributed by atoms with Crippen LogP contribution < -0.4 is 10.2 Å². The Morgan fingerprint density at radius 3 is 2.79 bits per heavy atom. The van der Waals surface area contributed by atoms with Crippen LogP contribution in [0.15, 0.2) is 36.4 Å². The summed E-state index contributed by atoms with van der Waals surface area (Å²) in [4.78, 5) is 25.3. The number of cyclic esters (lactones) is 1. The third kappa shape index (κ3) is 5.67. The van der Waals surface area contributed by atoms with Gasteiger partial charge in [0.25, 0.3) is 0 Å². The smallest absolute Gasteiger partial charge is 0.410 e. The maximum atomic E-state index is 11.8. The van der Waals surface area contributed by atoms with E-state index in [1.807, 2.05) is 18.2 Å². The maximum absolute atomic E-state index is 11.8. The SMILES string of the molecule is CBc1ccc(Oc2cc(Cl)cc(CC(=O)OCC)c2)c(CN2CCOC2=O)c1. The summed E-state index contributed by atoms with van der Waals surface area (Å²) >= 11 is 6.22. The zero-order chi connectivity index (χ0) is 20.8. The van der Waals surface area contributed by atoms with Gasteiger partial charge in [0.1, 0.15) is 18.1 Å². The van der Waals surface area contributed by atoms with Crippen LogP contribution >= 0.6 is 11.6 Å². The van der Waals surface area contributed by atoms with Gasteiger partial charge in [-0.15, -0.1) is 0 Å². The van der Waals surface area contributed by atoms with Gasteiger partial charge in [0, 0.05) is 10.6 Å². The first-order chi connectivity index (χ1) is 14.0. The number of hydrogen-bond donors (Lipinski definition) is 0.